The summed E-state index contributed by atoms with van der Waals surface area (Å²) in [6.45, 7) is 7.33. The molecule has 1 N–H and O–H groups in total. The Kier molecular flexibility index (Phi) is 5.41. The number of hydrogen-bond donors (Lipinski definition) is 1. The highest BCUT2D eigenvalue weighted by Gasteiger charge is 2.21. The number of hydrogen-bond acceptors (Lipinski definition) is 3. The molecule has 0 aliphatic carbocycles. The third kappa shape index (κ3) is 4.23. The Morgan fingerprint density at radius 2 is 2.10 bits per heavy atom. The first-order valence-corrected chi connectivity index (χ1v) is 7.42. The molecule has 4 nitrogen and oxygen atoms in total. The van der Waals surface area contributed by atoms with E-state index in [0.717, 1.165) is 31.8 Å². The zero-order valence-electron chi connectivity index (χ0n) is 12.4. The number of carbonyl (C=O) groups is 1. The monoisotopic (exact) mass is 276 g/mol. The number of ether oxygens (including phenoxy) is 1. The van der Waals surface area contributed by atoms with Crippen molar-refractivity contribution >= 4 is 5.91 Å². The molecular formula is C16H24N2O2. The number of carbonyl (C=O) groups excluding carboxylic acids is 1. The van der Waals surface area contributed by atoms with Crippen molar-refractivity contribution in [1.29, 1.82) is 0 Å². The van der Waals surface area contributed by atoms with Crippen LogP contribution in [0.25, 0.3) is 0 Å². The quantitative estimate of drug-likeness (QED) is 0.830. The summed E-state index contributed by atoms with van der Waals surface area (Å²) in [6.07, 6.45) is 1.72. The SMILES string of the molecule is CCOc1ccc(CNC(C)CN2CCCC2=O)cc1. The molecule has 0 saturated carbocycles. The van der Waals surface area contributed by atoms with Crippen LogP contribution in [0.4, 0.5) is 0 Å². The van der Waals surface area contributed by atoms with Crippen molar-refractivity contribution in [2.45, 2.75) is 39.3 Å². The maximum absolute atomic E-state index is 11.6. The molecule has 1 aliphatic rings. The van der Waals surface area contributed by atoms with Crippen LogP contribution < -0.4 is 10.1 Å². The molecule has 0 aromatic heterocycles. The fraction of sp³-hybridized carbons (Fsp3) is 0.562. The highest BCUT2D eigenvalue weighted by atomic mass is 16.5. The fourth-order valence-corrected chi connectivity index (χ4v) is 2.45. The van der Waals surface area contributed by atoms with E-state index >= 15 is 0 Å². The van der Waals surface area contributed by atoms with Crippen LogP contribution in [-0.2, 0) is 11.3 Å². The Balaban J connectivity index is 1.75. The second-order valence-corrected chi connectivity index (χ2v) is 5.30. The van der Waals surface area contributed by atoms with Gasteiger partial charge in [0.1, 0.15) is 5.75 Å². The van der Waals surface area contributed by atoms with E-state index in [-0.39, 0.29) is 0 Å². The minimum absolute atomic E-state index is 0.291. The predicted molar refractivity (Wildman–Crippen MR) is 79.7 cm³/mol. The summed E-state index contributed by atoms with van der Waals surface area (Å²) in [5, 5.41) is 3.46. The molecule has 1 aliphatic heterocycles. The second kappa shape index (κ2) is 7.29. The average Bonchev–Trinajstić information content (AvgIpc) is 2.84. The molecule has 1 fully saturated rings. The first kappa shape index (κ1) is 14.9. The average molecular weight is 276 g/mol. The van der Waals surface area contributed by atoms with Crippen LogP contribution in [0, 0.1) is 0 Å². The van der Waals surface area contributed by atoms with Gasteiger partial charge in [-0.2, -0.15) is 0 Å². The molecule has 1 atom stereocenters. The van der Waals surface area contributed by atoms with Crippen molar-refractivity contribution in [3.8, 4) is 5.75 Å². The lowest BCUT2D eigenvalue weighted by atomic mass is 10.2. The second-order valence-electron chi connectivity index (χ2n) is 5.30. The molecular weight excluding hydrogens is 252 g/mol. The lowest BCUT2D eigenvalue weighted by molar-refractivity contribution is -0.127. The van der Waals surface area contributed by atoms with Gasteiger partial charge in [0.25, 0.3) is 0 Å². The van der Waals surface area contributed by atoms with Crippen LogP contribution in [0.5, 0.6) is 5.75 Å². The van der Waals surface area contributed by atoms with Crippen molar-refractivity contribution in [3.63, 3.8) is 0 Å². The standard InChI is InChI=1S/C16H24N2O2/c1-3-20-15-8-6-14(7-9-15)11-17-13(2)12-18-10-4-5-16(18)19/h6-9,13,17H,3-5,10-12H2,1-2H3. The summed E-state index contributed by atoms with van der Waals surface area (Å²) >= 11 is 0. The fourth-order valence-electron chi connectivity index (χ4n) is 2.45. The van der Waals surface area contributed by atoms with Gasteiger partial charge in [0.05, 0.1) is 6.61 Å². The number of nitrogens with zero attached hydrogens (tertiary/aromatic N) is 1. The van der Waals surface area contributed by atoms with Crippen LogP contribution >= 0.6 is 0 Å². The van der Waals surface area contributed by atoms with Crippen LogP contribution in [-0.4, -0.2) is 36.5 Å². The molecule has 1 saturated heterocycles. The highest BCUT2D eigenvalue weighted by Crippen LogP contribution is 2.13. The lowest BCUT2D eigenvalue weighted by Gasteiger charge is -2.21. The van der Waals surface area contributed by atoms with Crippen molar-refractivity contribution in [1.82, 2.24) is 10.2 Å². The van der Waals surface area contributed by atoms with Gasteiger partial charge in [0.2, 0.25) is 5.91 Å². The summed E-state index contributed by atoms with van der Waals surface area (Å²) in [4.78, 5) is 13.5. The molecule has 0 spiro atoms. The van der Waals surface area contributed by atoms with Gasteiger partial charge in [0.15, 0.2) is 0 Å². The molecule has 4 heteroatoms. The van der Waals surface area contributed by atoms with Crippen LogP contribution in [0.1, 0.15) is 32.3 Å². The van der Waals surface area contributed by atoms with E-state index in [2.05, 4.69) is 24.4 Å². The molecule has 2 rings (SSSR count). The van der Waals surface area contributed by atoms with E-state index in [1.165, 1.54) is 5.56 Å². The van der Waals surface area contributed by atoms with Gasteiger partial charge in [-0.25, -0.2) is 0 Å². The molecule has 1 unspecified atom stereocenters. The zero-order valence-corrected chi connectivity index (χ0v) is 12.4. The number of rotatable bonds is 7. The van der Waals surface area contributed by atoms with Gasteiger partial charge in [-0.15, -0.1) is 0 Å². The van der Waals surface area contributed by atoms with Gasteiger partial charge < -0.3 is 15.0 Å². The van der Waals surface area contributed by atoms with E-state index in [0.29, 0.717) is 25.0 Å². The highest BCUT2D eigenvalue weighted by molar-refractivity contribution is 5.78. The van der Waals surface area contributed by atoms with Crippen LogP contribution in [0.15, 0.2) is 24.3 Å². The summed E-state index contributed by atoms with van der Waals surface area (Å²) in [5.41, 5.74) is 1.23. The summed E-state index contributed by atoms with van der Waals surface area (Å²) in [7, 11) is 0. The number of amides is 1. The smallest absolute Gasteiger partial charge is 0.222 e. The maximum Gasteiger partial charge on any atom is 0.222 e. The molecule has 1 heterocycles. The van der Waals surface area contributed by atoms with Crippen molar-refractivity contribution in [3.05, 3.63) is 29.8 Å². The molecule has 0 bridgehead atoms. The summed E-state index contributed by atoms with van der Waals surface area (Å²) in [6, 6.07) is 8.45. The largest absolute Gasteiger partial charge is 0.494 e. The van der Waals surface area contributed by atoms with Crippen molar-refractivity contribution < 1.29 is 9.53 Å². The Morgan fingerprint density at radius 3 is 2.70 bits per heavy atom. The van der Waals surface area contributed by atoms with Crippen LogP contribution in [0.3, 0.4) is 0 Å². The van der Waals surface area contributed by atoms with E-state index in [1.807, 2.05) is 24.0 Å². The third-order valence-electron chi connectivity index (χ3n) is 3.55. The molecule has 1 aromatic carbocycles. The number of likely N-dealkylation sites (tertiary alicyclic amines) is 1. The first-order valence-electron chi connectivity index (χ1n) is 7.42. The summed E-state index contributed by atoms with van der Waals surface area (Å²) < 4.78 is 5.42. The van der Waals surface area contributed by atoms with E-state index in [4.69, 9.17) is 4.74 Å². The Labute approximate surface area is 121 Å². The molecule has 110 valence electrons. The van der Waals surface area contributed by atoms with Gasteiger partial charge in [-0.1, -0.05) is 12.1 Å². The Hall–Kier alpha value is -1.55. The molecule has 20 heavy (non-hydrogen) atoms. The molecule has 0 radical (unpaired) electrons. The van der Waals surface area contributed by atoms with Crippen molar-refractivity contribution in [2.75, 3.05) is 19.7 Å². The lowest BCUT2D eigenvalue weighted by Crippen LogP contribution is -2.39. The molecule has 1 amide bonds. The number of nitrogens with one attached hydrogen (secondary N) is 1. The topological polar surface area (TPSA) is 41.6 Å². The maximum atomic E-state index is 11.6. The minimum atomic E-state index is 0.291. The van der Waals surface area contributed by atoms with E-state index < -0.39 is 0 Å². The van der Waals surface area contributed by atoms with Gasteiger partial charge in [-0.3, -0.25) is 4.79 Å². The van der Waals surface area contributed by atoms with Gasteiger partial charge in [-0.05, 0) is 38.0 Å². The normalized spacial score (nSPS) is 16.5. The first-order chi connectivity index (χ1) is 9.69. The summed E-state index contributed by atoms with van der Waals surface area (Å²) in [5.74, 6) is 1.20. The zero-order chi connectivity index (χ0) is 14.4. The predicted octanol–water partition coefficient (Wildman–Crippen LogP) is 2.19. The number of benzene rings is 1. The van der Waals surface area contributed by atoms with Gasteiger partial charge >= 0.3 is 0 Å². The van der Waals surface area contributed by atoms with E-state index in [1.54, 1.807) is 0 Å². The van der Waals surface area contributed by atoms with Crippen LogP contribution in [0.2, 0.25) is 0 Å². The Morgan fingerprint density at radius 1 is 1.35 bits per heavy atom. The van der Waals surface area contributed by atoms with Crippen molar-refractivity contribution in [2.24, 2.45) is 0 Å². The van der Waals surface area contributed by atoms with E-state index in [9.17, 15) is 4.79 Å². The minimum Gasteiger partial charge on any atom is -0.494 e. The third-order valence-corrected chi connectivity index (χ3v) is 3.55. The van der Waals surface area contributed by atoms with Gasteiger partial charge in [0, 0.05) is 32.1 Å². The molecule has 1 aromatic rings. The Bertz CT molecular complexity index is 431.